The van der Waals surface area contributed by atoms with Crippen LogP contribution < -0.4 is 35.8 Å². The van der Waals surface area contributed by atoms with E-state index in [1.165, 1.54) is 4.90 Å². The molecular formula is C57H60Cl2N12O8. The maximum atomic E-state index is 14.0. The van der Waals surface area contributed by atoms with E-state index in [0.29, 0.717) is 72.5 Å². The molecule has 1 aromatic heterocycles. The summed E-state index contributed by atoms with van der Waals surface area (Å²) in [6.07, 6.45) is 2.81. The first-order valence-corrected chi connectivity index (χ1v) is 27.2. The van der Waals surface area contributed by atoms with Crippen LogP contribution in [0.3, 0.4) is 0 Å². The number of piperidine rings is 1. The van der Waals surface area contributed by atoms with Crippen molar-refractivity contribution in [3.05, 3.63) is 129 Å². The van der Waals surface area contributed by atoms with Gasteiger partial charge in [-0.2, -0.15) is 15.2 Å². The SMILES string of the molecule is C=C(COC(=O)NCCc1cc(Cl)cc(NC(=O)NCc2ccc3c(c2)CN(C2CCC(=O)NC2=O)C3=O)c1)C(=O)N1CCN(c2nc(OC[C@@H]3CCCN3C)nc3c2CCN(c2cccc4cccc(Cl)c24)C3)C[C@@H]1CC#N. The van der Waals surface area contributed by atoms with Gasteiger partial charge in [0.15, 0.2) is 0 Å². The Morgan fingerprint density at radius 3 is 2.53 bits per heavy atom. The molecule has 0 aliphatic carbocycles. The smallest absolute Gasteiger partial charge is 0.407 e. The first-order valence-electron chi connectivity index (χ1n) is 26.5. The molecule has 0 saturated carbocycles. The summed E-state index contributed by atoms with van der Waals surface area (Å²) in [4.78, 5) is 96.8. The zero-order valence-electron chi connectivity index (χ0n) is 43.7. The van der Waals surface area contributed by atoms with Crippen molar-refractivity contribution in [1.82, 2.24) is 40.6 Å². The number of carbonyl (C=O) groups is 6. The second-order valence-corrected chi connectivity index (χ2v) is 21.3. The molecule has 5 aliphatic heterocycles. The fourth-order valence-corrected chi connectivity index (χ4v) is 11.7. The number of hydrogen-bond acceptors (Lipinski definition) is 14. The minimum atomic E-state index is -0.764. The van der Waals surface area contributed by atoms with E-state index >= 15 is 0 Å². The van der Waals surface area contributed by atoms with Crippen molar-refractivity contribution in [2.75, 3.05) is 74.6 Å². The van der Waals surface area contributed by atoms with Crippen molar-refractivity contribution in [3.63, 3.8) is 0 Å². The molecule has 5 aliphatic rings. The molecule has 1 unspecified atom stereocenters. The molecule has 79 heavy (non-hydrogen) atoms. The molecule has 6 heterocycles. The average molecular weight is 1110 g/mol. The molecular weight excluding hydrogens is 1050 g/mol. The predicted molar refractivity (Wildman–Crippen MR) is 297 cm³/mol. The molecule has 10 rings (SSSR count). The number of alkyl carbamates (subject to hydrolysis) is 1. The number of hydrogen-bond donors (Lipinski definition) is 4. The zero-order chi connectivity index (χ0) is 55.3. The van der Waals surface area contributed by atoms with E-state index in [1.54, 1.807) is 35.2 Å². The van der Waals surface area contributed by atoms with Gasteiger partial charge in [0, 0.05) is 96.8 Å². The van der Waals surface area contributed by atoms with Crippen LogP contribution in [0, 0.1) is 11.3 Å². The molecule has 410 valence electrons. The molecule has 3 atom stereocenters. The zero-order valence-corrected chi connectivity index (χ0v) is 45.2. The highest BCUT2D eigenvalue weighted by Gasteiger charge is 2.40. The number of likely N-dealkylation sites (tertiary alicyclic amines) is 1. The van der Waals surface area contributed by atoms with Crippen LogP contribution in [-0.2, 0) is 51.6 Å². The molecule has 0 bridgehead atoms. The summed E-state index contributed by atoms with van der Waals surface area (Å²) in [5, 5.41) is 23.7. The molecule has 3 saturated heterocycles. The van der Waals surface area contributed by atoms with Crippen molar-refractivity contribution in [2.45, 2.75) is 82.7 Å². The van der Waals surface area contributed by atoms with Crippen LogP contribution in [0.2, 0.25) is 10.0 Å². The number of fused-ring (bicyclic) bond motifs is 3. The number of ether oxygens (including phenoxy) is 2. The molecule has 4 N–H and O–H groups in total. The molecule has 22 heteroatoms. The van der Waals surface area contributed by atoms with Crippen LogP contribution in [-0.4, -0.2) is 138 Å². The molecule has 20 nitrogen and oxygen atoms in total. The van der Waals surface area contributed by atoms with Crippen LogP contribution in [0.1, 0.15) is 70.4 Å². The van der Waals surface area contributed by atoms with Crippen molar-refractivity contribution in [2.24, 2.45) is 0 Å². The Bertz CT molecular complexity index is 3290. The van der Waals surface area contributed by atoms with Crippen LogP contribution in [0.15, 0.2) is 84.9 Å². The number of rotatable bonds is 16. The minimum absolute atomic E-state index is 0.0534. The van der Waals surface area contributed by atoms with Gasteiger partial charge in [0.2, 0.25) is 11.8 Å². The van der Waals surface area contributed by atoms with Gasteiger partial charge in [0.1, 0.15) is 25.1 Å². The predicted octanol–water partition coefficient (Wildman–Crippen LogP) is 6.51. The van der Waals surface area contributed by atoms with Gasteiger partial charge in [0.05, 0.1) is 35.8 Å². The molecule has 0 radical (unpaired) electrons. The second kappa shape index (κ2) is 23.9. The number of nitriles is 1. The van der Waals surface area contributed by atoms with E-state index in [9.17, 15) is 34.0 Å². The maximum absolute atomic E-state index is 14.0. The summed E-state index contributed by atoms with van der Waals surface area (Å²) in [6, 6.07) is 23.4. The number of piperazine rings is 1. The second-order valence-electron chi connectivity index (χ2n) is 20.5. The van der Waals surface area contributed by atoms with Gasteiger partial charge in [0.25, 0.3) is 11.8 Å². The number of nitrogens with zero attached hydrogens (tertiary/aromatic N) is 8. The molecule has 7 amide bonds. The van der Waals surface area contributed by atoms with E-state index in [-0.39, 0.29) is 81.5 Å². The van der Waals surface area contributed by atoms with Gasteiger partial charge in [-0.25, -0.2) is 9.59 Å². The number of nitrogens with one attached hydrogen (secondary N) is 4. The lowest BCUT2D eigenvalue weighted by molar-refractivity contribution is -0.137. The van der Waals surface area contributed by atoms with Crippen LogP contribution in [0.4, 0.5) is 26.8 Å². The number of benzene rings is 4. The minimum Gasteiger partial charge on any atom is -0.462 e. The van der Waals surface area contributed by atoms with Crippen molar-refractivity contribution in [1.29, 1.82) is 5.26 Å². The molecule has 4 aromatic carbocycles. The number of amides is 7. The number of imide groups is 1. The van der Waals surface area contributed by atoms with Gasteiger partial charge in [-0.15, -0.1) is 0 Å². The number of aromatic nitrogens is 2. The van der Waals surface area contributed by atoms with Crippen LogP contribution >= 0.6 is 23.2 Å². The summed E-state index contributed by atoms with van der Waals surface area (Å²) in [7, 11) is 2.10. The van der Waals surface area contributed by atoms with Crippen LogP contribution in [0.25, 0.3) is 10.8 Å². The van der Waals surface area contributed by atoms with Crippen LogP contribution in [0.5, 0.6) is 6.01 Å². The average Bonchev–Trinajstić information content (AvgIpc) is 4.02. The molecule has 5 aromatic rings. The van der Waals surface area contributed by atoms with Gasteiger partial charge in [-0.05, 0) is 104 Å². The summed E-state index contributed by atoms with van der Waals surface area (Å²) < 4.78 is 11.8. The normalized spacial score (nSPS) is 19.1. The Balaban J connectivity index is 0.707. The number of urea groups is 1. The summed E-state index contributed by atoms with van der Waals surface area (Å²) in [5.41, 5.74) is 5.98. The van der Waals surface area contributed by atoms with Crippen molar-refractivity contribution < 1.29 is 38.2 Å². The fourth-order valence-electron chi connectivity index (χ4n) is 11.2. The standard InChI is InChI=1S/C57H60Cl2N12O8/c1-34(32-79-57(77)61-19-16-35-25-39(58)27-40(26-35)63-55(76)62-28-36-11-12-43-38(24-36)29-71(54(43)75)48-13-14-49(72)65-52(48)73)53(74)70-23-22-69(30-41(70)15-18-60)51-44-17-21-68(47-10-4-7-37-6-3-9-45(59)50(37)47)31-46(44)64-56(66-51)78-33-42-8-5-20-67(42)2/h3-4,6-7,9-12,24-27,41-42,48H,1,5,8,13-17,19-23,28-33H2,2H3,(H,61,77)(H2,62,63,76)(H,65,72,73)/t41-,42-,48?/m0/s1. The number of halogens is 2. The van der Waals surface area contributed by atoms with Gasteiger partial charge in [-0.3, -0.25) is 24.5 Å². The Morgan fingerprint density at radius 2 is 1.73 bits per heavy atom. The van der Waals surface area contributed by atoms with Gasteiger partial charge < -0.3 is 49.9 Å². The van der Waals surface area contributed by atoms with E-state index in [2.05, 4.69) is 73.9 Å². The van der Waals surface area contributed by atoms with Crippen molar-refractivity contribution in [3.8, 4) is 12.1 Å². The highest BCUT2D eigenvalue weighted by molar-refractivity contribution is 6.36. The summed E-state index contributed by atoms with van der Waals surface area (Å²) >= 11 is 13.2. The van der Waals surface area contributed by atoms with E-state index in [4.69, 9.17) is 42.6 Å². The Labute approximate surface area is 467 Å². The largest absolute Gasteiger partial charge is 0.462 e. The quantitative estimate of drug-likeness (QED) is 0.0610. The fraction of sp³-hybridized carbons (Fsp3) is 0.386. The maximum Gasteiger partial charge on any atom is 0.407 e. The summed E-state index contributed by atoms with van der Waals surface area (Å²) in [6.45, 7) is 7.76. The Hall–Kier alpha value is -7.99. The topological polar surface area (TPSA) is 235 Å². The summed E-state index contributed by atoms with van der Waals surface area (Å²) in [5.74, 6) is -0.811. The first-order chi connectivity index (χ1) is 38.2. The molecule has 0 spiro atoms. The van der Waals surface area contributed by atoms with E-state index in [0.717, 1.165) is 64.0 Å². The number of likely N-dealkylation sites (N-methyl/N-ethyl adjacent to an activating group) is 1. The lowest BCUT2D eigenvalue weighted by Crippen LogP contribution is -2.56. The van der Waals surface area contributed by atoms with Gasteiger partial charge >= 0.3 is 18.1 Å². The first kappa shape index (κ1) is 54.4. The lowest BCUT2D eigenvalue weighted by Gasteiger charge is -2.42. The monoisotopic (exact) mass is 1110 g/mol. The van der Waals surface area contributed by atoms with E-state index < -0.39 is 36.0 Å². The lowest BCUT2D eigenvalue weighted by atomic mass is 10.0. The highest BCUT2D eigenvalue weighted by atomic mass is 35.5. The Kier molecular flexibility index (Phi) is 16.5. The van der Waals surface area contributed by atoms with Crippen molar-refractivity contribution >= 4 is 86.9 Å². The third-order valence-electron chi connectivity index (χ3n) is 15.3. The van der Waals surface area contributed by atoms with Gasteiger partial charge in [-0.1, -0.05) is 66.2 Å². The number of anilines is 3. The van der Waals surface area contributed by atoms with E-state index in [1.807, 2.05) is 24.3 Å². The molecule has 3 fully saturated rings. The third kappa shape index (κ3) is 12.3. The Morgan fingerprint density at radius 1 is 0.899 bits per heavy atom. The highest BCUT2D eigenvalue weighted by Crippen LogP contribution is 2.38. The number of carbonyl (C=O) groups excluding carboxylic acids is 6. The third-order valence-corrected chi connectivity index (χ3v) is 15.8.